The number of benzene rings is 2. The SMILES string of the molecule is CC[C@H](NC(=O)[C@@H](c1ccccc1)N(C)S(C)(=O)=O)c1ccc(C)cc1. The van der Waals surface area contributed by atoms with Crippen molar-refractivity contribution in [2.24, 2.45) is 0 Å². The standard InChI is InChI=1S/C20H26N2O3S/c1-5-18(16-13-11-15(2)12-14-16)21-20(23)19(22(3)26(4,24)25)17-9-7-6-8-10-17/h6-14,18-19H,5H2,1-4H3,(H,21,23)/t18-,19+/m0/s1. The molecule has 140 valence electrons. The van der Waals surface area contributed by atoms with Crippen LogP contribution in [0, 0.1) is 6.92 Å². The number of rotatable bonds is 7. The molecule has 6 heteroatoms. The van der Waals surface area contributed by atoms with Gasteiger partial charge in [-0.2, -0.15) is 4.31 Å². The topological polar surface area (TPSA) is 66.5 Å². The van der Waals surface area contributed by atoms with Gasteiger partial charge in [0.2, 0.25) is 15.9 Å². The predicted molar refractivity (Wildman–Crippen MR) is 104 cm³/mol. The fourth-order valence-electron chi connectivity index (χ4n) is 2.82. The molecular formula is C20H26N2O3S. The monoisotopic (exact) mass is 374 g/mol. The Morgan fingerprint density at radius 1 is 1.04 bits per heavy atom. The Morgan fingerprint density at radius 2 is 1.62 bits per heavy atom. The number of sulfonamides is 1. The predicted octanol–water partition coefficient (Wildman–Crippen LogP) is 3.20. The fraction of sp³-hybridized carbons (Fsp3) is 0.350. The summed E-state index contributed by atoms with van der Waals surface area (Å²) in [4.78, 5) is 13.0. The van der Waals surface area contributed by atoms with Gasteiger partial charge in [-0.05, 0) is 24.5 Å². The zero-order chi connectivity index (χ0) is 19.3. The molecule has 1 N–H and O–H groups in total. The van der Waals surface area contributed by atoms with E-state index in [1.807, 2.05) is 44.2 Å². The molecule has 1 amide bonds. The maximum atomic E-state index is 13.0. The zero-order valence-electron chi connectivity index (χ0n) is 15.6. The van der Waals surface area contributed by atoms with Gasteiger partial charge in [-0.3, -0.25) is 4.79 Å². The lowest BCUT2D eigenvalue weighted by molar-refractivity contribution is -0.125. The van der Waals surface area contributed by atoms with Gasteiger partial charge < -0.3 is 5.32 Å². The summed E-state index contributed by atoms with van der Waals surface area (Å²) in [6, 6.07) is 15.8. The third-order valence-corrected chi connectivity index (χ3v) is 5.71. The highest BCUT2D eigenvalue weighted by molar-refractivity contribution is 7.88. The van der Waals surface area contributed by atoms with E-state index in [4.69, 9.17) is 0 Å². The Kier molecular flexibility index (Phi) is 6.56. The highest BCUT2D eigenvalue weighted by atomic mass is 32.2. The molecule has 0 unspecified atom stereocenters. The number of aryl methyl sites for hydroxylation is 1. The summed E-state index contributed by atoms with van der Waals surface area (Å²) < 4.78 is 25.2. The van der Waals surface area contributed by atoms with Gasteiger partial charge in [-0.1, -0.05) is 67.1 Å². The highest BCUT2D eigenvalue weighted by Gasteiger charge is 2.31. The molecule has 2 aromatic carbocycles. The molecular weight excluding hydrogens is 348 g/mol. The third-order valence-electron chi connectivity index (χ3n) is 4.45. The first-order chi connectivity index (χ1) is 12.2. The summed E-state index contributed by atoms with van der Waals surface area (Å²) in [5, 5.41) is 3.01. The molecule has 0 heterocycles. The molecule has 0 aromatic heterocycles. The number of likely N-dealkylation sites (N-methyl/N-ethyl adjacent to an activating group) is 1. The van der Waals surface area contributed by atoms with Crippen molar-refractivity contribution in [1.29, 1.82) is 0 Å². The van der Waals surface area contributed by atoms with E-state index in [1.165, 1.54) is 7.05 Å². The lowest BCUT2D eigenvalue weighted by Crippen LogP contribution is -2.42. The van der Waals surface area contributed by atoms with E-state index >= 15 is 0 Å². The van der Waals surface area contributed by atoms with E-state index < -0.39 is 16.1 Å². The quantitative estimate of drug-likeness (QED) is 0.809. The molecule has 2 rings (SSSR count). The summed E-state index contributed by atoms with van der Waals surface area (Å²) in [5.74, 6) is -0.337. The maximum Gasteiger partial charge on any atom is 0.243 e. The molecule has 2 atom stereocenters. The molecule has 0 radical (unpaired) electrons. The minimum Gasteiger partial charge on any atom is -0.348 e. The zero-order valence-corrected chi connectivity index (χ0v) is 16.5. The molecule has 0 aliphatic heterocycles. The van der Waals surface area contributed by atoms with Crippen LogP contribution >= 0.6 is 0 Å². The molecule has 2 aromatic rings. The third kappa shape index (κ3) is 4.93. The van der Waals surface area contributed by atoms with Crippen molar-refractivity contribution in [1.82, 2.24) is 9.62 Å². The second-order valence-corrected chi connectivity index (χ2v) is 8.51. The van der Waals surface area contributed by atoms with Crippen LogP contribution in [-0.2, 0) is 14.8 Å². The molecule has 0 aliphatic rings. The first kappa shape index (κ1) is 20.1. The van der Waals surface area contributed by atoms with E-state index in [-0.39, 0.29) is 11.9 Å². The Balaban J connectivity index is 2.32. The smallest absolute Gasteiger partial charge is 0.243 e. The largest absolute Gasteiger partial charge is 0.348 e. The number of nitrogens with zero attached hydrogens (tertiary/aromatic N) is 1. The van der Waals surface area contributed by atoms with Crippen molar-refractivity contribution in [2.45, 2.75) is 32.4 Å². The average molecular weight is 375 g/mol. The van der Waals surface area contributed by atoms with Crippen molar-refractivity contribution in [3.05, 3.63) is 71.3 Å². The normalized spacial score (nSPS) is 14.0. The van der Waals surface area contributed by atoms with Gasteiger partial charge in [0.1, 0.15) is 6.04 Å². The lowest BCUT2D eigenvalue weighted by Gasteiger charge is -2.28. The molecule has 0 aliphatic carbocycles. The van der Waals surface area contributed by atoms with E-state index in [0.29, 0.717) is 12.0 Å². The summed E-state index contributed by atoms with van der Waals surface area (Å²) in [6.07, 6.45) is 1.81. The van der Waals surface area contributed by atoms with Crippen molar-refractivity contribution in [3.8, 4) is 0 Å². The van der Waals surface area contributed by atoms with Crippen LogP contribution in [0.4, 0.5) is 0 Å². The van der Waals surface area contributed by atoms with E-state index in [1.54, 1.807) is 24.3 Å². The summed E-state index contributed by atoms with van der Waals surface area (Å²) >= 11 is 0. The van der Waals surface area contributed by atoms with Crippen LogP contribution in [0.1, 0.15) is 42.1 Å². The Morgan fingerprint density at radius 3 is 2.12 bits per heavy atom. The van der Waals surface area contributed by atoms with Gasteiger partial charge in [-0.15, -0.1) is 0 Å². The molecule has 0 saturated carbocycles. The number of carbonyl (C=O) groups excluding carboxylic acids is 1. The van der Waals surface area contributed by atoms with Crippen LogP contribution in [0.5, 0.6) is 0 Å². The highest BCUT2D eigenvalue weighted by Crippen LogP contribution is 2.24. The van der Waals surface area contributed by atoms with Crippen LogP contribution < -0.4 is 5.32 Å². The van der Waals surface area contributed by atoms with Crippen molar-refractivity contribution >= 4 is 15.9 Å². The molecule has 0 bridgehead atoms. The lowest BCUT2D eigenvalue weighted by atomic mass is 10.0. The molecule has 0 spiro atoms. The molecule has 0 saturated heterocycles. The van der Waals surface area contributed by atoms with Crippen LogP contribution in [0.25, 0.3) is 0 Å². The van der Waals surface area contributed by atoms with Gasteiger partial charge in [0.05, 0.1) is 12.3 Å². The van der Waals surface area contributed by atoms with Crippen LogP contribution in [0.2, 0.25) is 0 Å². The molecule has 5 nitrogen and oxygen atoms in total. The number of carbonyl (C=O) groups is 1. The van der Waals surface area contributed by atoms with Crippen LogP contribution in [-0.4, -0.2) is 31.9 Å². The van der Waals surface area contributed by atoms with Crippen molar-refractivity contribution in [2.75, 3.05) is 13.3 Å². The Bertz CT molecular complexity index is 833. The number of hydrogen-bond acceptors (Lipinski definition) is 3. The first-order valence-corrected chi connectivity index (χ1v) is 10.4. The minimum atomic E-state index is -3.54. The minimum absolute atomic E-state index is 0.178. The maximum absolute atomic E-state index is 13.0. The summed E-state index contributed by atoms with van der Waals surface area (Å²) in [6.45, 7) is 4.00. The number of amides is 1. The first-order valence-electron chi connectivity index (χ1n) is 8.59. The van der Waals surface area contributed by atoms with E-state index in [9.17, 15) is 13.2 Å². The fourth-order valence-corrected chi connectivity index (χ4v) is 3.42. The second-order valence-electron chi connectivity index (χ2n) is 6.47. The van der Waals surface area contributed by atoms with Gasteiger partial charge in [0.25, 0.3) is 0 Å². The number of hydrogen-bond donors (Lipinski definition) is 1. The Hall–Kier alpha value is -2.18. The summed E-state index contributed by atoms with van der Waals surface area (Å²) in [5.41, 5.74) is 2.78. The van der Waals surface area contributed by atoms with E-state index in [2.05, 4.69) is 5.32 Å². The van der Waals surface area contributed by atoms with Crippen molar-refractivity contribution in [3.63, 3.8) is 0 Å². The van der Waals surface area contributed by atoms with Crippen LogP contribution in [0.3, 0.4) is 0 Å². The average Bonchev–Trinajstić information content (AvgIpc) is 2.61. The number of nitrogens with one attached hydrogen (secondary N) is 1. The van der Waals surface area contributed by atoms with Crippen LogP contribution in [0.15, 0.2) is 54.6 Å². The second kappa shape index (κ2) is 8.47. The summed E-state index contributed by atoms with van der Waals surface area (Å²) in [7, 11) is -2.11. The molecule has 0 fully saturated rings. The van der Waals surface area contributed by atoms with Crippen molar-refractivity contribution < 1.29 is 13.2 Å². The van der Waals surface area contributed by atoms with E-state index in [0.717, 1.165) is 21.7 Å². The van der Waals surface area contributed by atoms with Gasteiger partial charge in [0.15, 0.2) is 0 Å². The Labute approximate surface area is 156 Å². The molecule has 26 heavy (non-hydrogen) atoms. The van der Waals surface area contributed by atoms with Gasteiger partial charge >= 0.3 is 0 Å². The van der Waals surface area contributed by atoms with Gasteiger partial charge in [-0.25, -0.2) is 8.42 Å². The van der Waals surface area contributed by atoms with Gasteiger partial charge in [0, 0.05) is 7.05 Å².